The summed E-state index contributed by atoms with van der Waals surface area (Å²) in [5.41, 5.74) is 2.25. The number of nitrogens with one attached hydrogen (secondary N) is 1. The highest BCUT2D eigenvalue weighted by atomic mass is 35.5. The number of nitrogens with zero attached hydrogens (tertiary/aromatic N) is 1. The van der Waals surface area contributed by atoms with Gasteiger partial charge in [-0.3, -0.25) is 0 Å². The molecule has 1 aromatic heterocycles. The number of halogens is 1. The molecule has 0 fully saturated rings. The van der Waals surface area contributed by atoms with E-state index in [0.717, 1.165) is 40.8 Å². The molecule has 90 valence electrons. The van der Waals surface area contributed by atoms with Crippen molar-refractivity contribution in [2.45, 2.75) is 19.9 Å². The lowest BCUT2D eigenvalue weighted by Crippen LogP contribution is -2.11. The maximum Gasteiger partial charge on any atom is 0.0973 e. The Bertz CT molecular complexity index is 482. The minimum atomic E-state index is 0.816. The third kappa shape index (κ3) is 3.53. The van der Waals surface area contributed by atoms with Crippen LogP contribution in [0, 0.1) is 0 Å². The first-order valence-corrected chi connectivity index (χ1v) is 6.92. The van der Waals surface area contributed by atoms with Gasteiger partial charge in [0.1, 0.15) is 0 Å². The van der Waals surface area contributed by atoms with Crippen molar-refractivity contribution in [3.05, 3.63) is 50.9 Å². The first-order chi connectivity index (χ1) is 8.29. The summed E-state index contributed by atoms with van der Waals surface area (Å²) >= 11 is 7.82. The Morgan fingerprint density at radius 1 is 1.35 bits per heavy atom. The Labute approximate surface area is 111 Å². The molecule has 1 N–H and O–H groups in total. The van der Waals surface area contributed by atoms with Crippen LogP contribution in [0.25, 0.3) is 0 Å². The summed E-state index contributed by atoms with van der Waals surface area (Å²) in [7, 11) is 0. The van der Waals surface area contributed by atoms with E-state index in [9.17, 15) is 0 Å². The van der Waals surface area contributed by atoms with Gasteiger partial charge in [-0.25, -0.2) is 4.98 Å². The van der Waals surface area contributed by atoms with Gasteiger partial charge in [0.05, 0.1) is 10.7 Å². The molecule has 17 heavy (non-hydrogen) atoms. The first kappa shape index (κ1) is 12.6. The molecule has 2 aromatic rings. The monoisotopic (exact) mass is 266 g/mol. The van der Waals surface area contributed by atoms with Crippen LogP contribution >= 0.6 is 22.9 Å². The van der Waals surface area contributed by atoms with Crippen molar-refractivity contribution in [3.8, 4) is 0 Å². The van der Waals surface area contributed by atoms with Crippen LogP contribution in [0.1, 0.15) is 23.2 Å². The highest BCUT2D eigenvalue weighted by Gasteiger charge is 2.05. The van der Waals surface area contributed by atoms with Gasteiger partial charge in [-0.15, -0.1) is 11.3 Å². The average molecular weight is 267 g/mol. The SMILES string of the molecule is CCNCc1csc(Cc2ccccc2Cl)n1. The van der Waals surface area contributed by atoms with E-state index >= 15 is 0 Å². The zero-order chi connectivity index (χ0) is 12.1. The number of aromatic nitrogens is 1. The highest BCUT2D eigenvalue weighted by Crippen LogP contribution is 2.20. The fourth-order valence-electron chi connectivity index (χ4n) is 1.57. The number of benzene rings is 1. The van der Waals surface area contributed by atoms with E-state index in [1.165, 1.54) is 0 Å². The molecule has 2 nitrogen and oxygen atoms in total. The van der Waals surface area contributed by atoms with E-state index < -0.39 is 0 Å². The summed E-state index contributed by atoms with van der Waals surface area (Å²) in [6.07, 6.45) is 0.816. The van der Waals surface area contributed by atoms with Crippen LogP contribution in [-0.2, 0) is 13.0 Å². The Hall–Kier alpha value is -0.900. The molecule has 0 amide bonds. The summed E-state index contributed by atoms with van der Waals surface area (Å²) in [6, 6.07) is 7.93. The van der Waals surface area contributed by atoms with E-state index in [0.29, 0.717) is 0 Å². The quantitative estimate of drug-likeness (QED) is 0.896. The Morgan fingerprint density at radius 3 is 2.94 bits per heavy atom. The fraction of sp³-hybridized carbons (Fsp3) is 0.308. The predicted octanol–water partition coefficient (Wildman–Crippen LogP) is 3.50. The molecule has 0 aliphatic carbocycles. The van der Waals surface area contributed by atoms with Crippen LogP contribution in [-0.4, -0.2) is 11.5 Å². The van der Waals surface area contributed by atoms with Gasteiger partial charge in [0.25, 0.3) is 0 Å². The Morgan fingerprint density at radius 2 is 2.18 bits per heavy atom. The van der Waals surface area contributed by atoms with Gasteiger partial charge < -0.3 is 5.32 Å². The second-order valence-corrected chi connectivity index (χ2v) is 5.13. The van der Waals surface area contributed by atoms with Crippen molar-refractivity contribution in [1.82, 2.24) is 10.3 Å². The second-order valence-electron chi connectivity index (χ2n) is 3.78. The van der Waals surface area contributed by atoms with Crippen molar-refractivity contribution in [3.63, 3.8) is 0 Å². The van der Waals surface area contributed by atoms with E-state index in [-0.39, 0.29) is 0 Å². The van der Waals surface area contributed by atoms with Crippen LogP contribution in [0.2, 0.25) is 5.02 Å². The summed E-state index contributed by atoms with van der Waals surface area (Å²) in [6.45, 7) is 3.91. The number of rotatable bonds is 5. The molecule has 0 aliphatic rings. The second kappa shape index (κ2) is 6.15. The molecule has 1 aromatic carbocycles. The van der Waals surface area contributed by atoms with Crippen LogP contribution in [0.5, 0.6) is 0 Å². The third-order valence-electron chi connectivity index (χ3n) is 2.45. The molecular weight excluding hydrogens is 252 g/mol. The minimum absolute atomic E-state index is 0.816. The van der Waals surface area contributed by atoms with Gasteiger partial charge in [0.15, 0.2) is 0 Å². The predicted molar refractivity (Wildman–Crippen MR) is 73.8 cm³/mol. The molecule has 2 rings (SSSR count). The molecule has 0 unspecified atom stereocenters. The van der Waals surface area contributed by atoms with Crippen molar-refractivity contribution in [2.24, 2.45) is 0 Å². The number of thiazole rings is 1. The van der Waals surface area contributed by atoms with E-state index in [1.807, 2.05) is 24.3 Å². The van der Waals surface area contributed by atoms with Gasteiger partial charge in [0.2, 0.25) is 0 Å². The zero-order valence-corrected chi connectivity index (χ0v) is 11.3. The smallest absolute Gasteiger partial charge is 0.0973 e. The average Bonchev–Trinajstić information content (AvgIpc) is 2.77. The van der Waals surface area contributed by atoms with Gasteiger partial charge in [0, 0.05) is 23.4 Å². The van der Waals surface area contributed by atoms with E-state index in [1.54, 1.807) is 11.3 Å². The summed E-state index contributed by atoms with van der Waals surface area (Å²) in [4.78, 5) is 4.58. The summed E-state index contributed by atoms with van der Waals surface area (Å²) in [5, 5.41) is 7.31. The molecule has 0 radical (unpaired) electrons. The van der Waals surface area contributed by atoms with Crippen LogP contribution in [0.4, 0.5) is 0 Å². The Kier molecular flexibility index (Phi) is 4.54. The topological polar surface area (TPSA) is 24.9 Å². The standard InChI is InChI=1S/C13H15ClN2S/c1-2-15-8-11-9-17-13(16-11)7-10-5-3-4-6-12(10)14/h3-6,9,15H,2,7-8H2,1H3. The van der Waals surface area contributed by atoms with Crippen LogP contribution in [0.3, 0.4) is 0 Å². The lowest BCUT2D eigenvalue weighted by Gasteiger charge is -2.00. The fourth-order valence-corrected chi connectivity index (χ4v) is 2.59. The molecule has 1 heterocycles. The lowest BCUT2D eigenvalue weighted by molar-refractivity contribution is 0.712. The lowest BCUT2D eigenvalue weighted by atomic mass is 10.2. The molecule has 0 spiro atoms. The third-order valence-corrected chi connectivity index (χ3v) is 3.72. The molecule has 0 atom stereocenters. The minimum Gasteiger partial charge on any atom is -0.311 e. The molecule has 0 saturated carbocycles. The molecule has 0 saturated heterocycles. The van der Waals surface area contributed by atoms with Crippen molar-refractivity contribution >= 4 is 22.9 Å². The maximum atomic E-state index is 6.13. The number of hydrogen-bond acceptors (Lipinski definition) is 3. The summed E-state index contributed by atoms with van der Waals surface area (Å²) < 4.78 is 0. The maximum absolute atomic E-state index is 6.13. The largest absolute Gasteiger partial charge is 0.311 e. The van der Waals surface area contributed by atoms with Gasteiger partial charge >= 0.3 is 0 Å². The van der Waals surface area contributed by atoms with Crippen molar-refractivity contribution < 1.29 is 0 Å². The molecule has 0 aliphatic heterocycles. The Balaban J connectivity index is 2.04. The first-order valence-electron chi connectivity index (χ1n) is 5.67. The number of hydrogen-bond donors (Lipinski definition) is 1. The highest BCUT2D eigenvalue weighted by molar-refractivity contribution is 7.09. The van der Waals surface area contributed by atoms with Crippen LogP contribution in [0.15, 0.2) is 29.6 Å². The molecule has 0 bridgehead atoms. The van der Waals surface area contributed by atoms with Crippen molar-refractivity contribution in [2.75, 3.05) is 6.54 Å². The van der Waals surface area contributed by atoms with Crippen molar-refractivity contribution in [1.29, 1.82) is 0 Å². The van der Waals surface area contributed by atoms with Gasteiger partial charge in [-0.1, -0.05) is 36.7 Å². The van der Waals surface area contributed by atoms with Crippen LogP contribution < -0.4 is 5.32 Å². The molecule has 4 heteroatoms. The summed E-state index contributed by atoms with van der Waals surface area (Å²) in [5.74, 6) is 0. The zero-order valence-electron chi connectivity index (χ0n) is 9.74. The van der Waals surface area contributed by atoms with E-state index in [4.69, 9.17) is 11.6 Å². The van der Waals surface area contributed by atoms with Gasteiger partial charge in [-0.05, 0) is 18.2 Å². The van der Waals surface area contributed by atoms with Gasteiger partial charge in [-0.2, -0.15) is 0 Å². The van der Waals surface area contributed by atoms with E-state index in [2.05, 4.69) is 22.6 Å². The normalized spacial score (nSPS) is 10.7. The molecular formula is C13H15ClN2S.